The first-order valence-corrected chi connectivity index (χ1v) is 16.9. The lowest BCUT2D eigenvalue weighted by atomic mass is 9.76. The molecule has 0 aliphatic carbocycles. The Morgan fingerprint density at radius 1 is 0.766 bits per heavy atom. The van der Waals surface area contributed by atoms with Crippen LogP contribution in [0.4, 0.5) is 0 Å². The van der Waals surface area contributed by atoms with Gasteiger partial charge in [-0.3, -0.25) is 5.32 Å². The zero-order valence-electron chi connectivity index (χ0n) is 27.6. The van der Waals surface area contributed by atoms with Crippen molar-refractivity contribution in [3.63, 3.8) is 0 Å². The van der Waals surface area contributed by atoms with Gasteiger partial charge < -0.3 is 9.31 Å². The van der Waals surface area contributed by atoms with E-state index in [-0.39, 0.29) is 24.4 Å². The zero-order chi connectivity index (χ0) is 32.9. The van der Waals surface area contributed by atoms with Gasteiger partial charge in [0, 0.05) is 5.02 Å². The van der Waals surface area contributed by atoms with E-state index >= 15 is 0 Å². The molecule has 6 rings (SSSR count). The minimum absolute atomic E-state index is 0.205. The second-order valence-electron chi connectivity index (χ2n) is 13.3. The Morgan fingerprint density at radius 2 is 1.32 bits per heavy atom. The van der Waals surface area contributed by atoms with Gasteiger partial charge in [0.15, 0.2) is 5.82 Å². The molecule has 1 aliphatic heterocycles. The Morgan fingerprint density at radius 3 is 1.85 bits per heavy atom. The summed E-state index contributed by atoms with van der Waals surface area (Å²) in [5, 5.41) is 18.1. The molecule has 1 saturated heterocycles. The number of benzene rings is 4. The minimum atomic E-state index is -0.687. The summed E-state index contributed by atoms with van der Waals surface area (Å²) in [6, 6.07) is 39.6. The number of hydrogen-bond acceptors (Lipinski definition) is 6. The molecule has 242 valence electrons. The van der Waals surface area contributed by atoms with E-state index in [0.29, 0.717) is 11.6 Å². The molecule has 2 heterocycles. The molecule has 47 heavy (non-hydrogen) atoms. The summed E-state index contributed by atoms with van der Waals surface area (Å²) in [5.41, 5.74) is 3.06. The van der Waals surface area contributed by atoms with Crippen LogP contribution in [0.1, 0.15) is 81.1 Å². The summed E-state index contributed by atoms with van der Waals surface area (Å²) in [5.74, 6) is 0.771. The maximum Gasteiger partial charge on any atom is 0.457 e. The molecule has 1 atom stereocenters. The molecule has 0 amide bonds. The molecule has 5 aromatic rings. The molecule has 9 heteroatoms. The first-order chi connectivity index (χ1) is 22.7. The van der Waals surface area contributed by atoms with Crippen LogP contribution in [-0.2, 0) is 21.4 Å². The van der Waals surface area contributed by atoms with Gasteiger partial charge >= 0.3 is 7.12 Å². The van der Waals surface area contributed by atoms with E-state index in [1.807, 2.05) is 28.9 Å². The third-order valence-electron chi connectivity index (χ3n) is 9.59. The van der Waals surface area contributed by atoms with Crippen molar-refractivity contribution >= 4 is 18.7 Å². The lowest BCUT2D eigenvalue weighted by molar-refractivity contribution is 0.00578. The number of tetrazole rings is 1. The molecule has 0 bridgehead atoms. The van der Waals surface area contributed by atoms with Crippen molar-refractivity contribution in [1.82, 2.24) is 25.5 Å². The zero-order valence-corrected chi connectivity index (χ0v) is 28.4. The van der Waals surface area contributed by atoms with E-state index in [9.17, 15) is 0 Å². The number of unbranched alkanes of at least 4 members (excludes halogenated alkanes) is 1. The van der Waals surface area contributed by atoms with Gasteiger partial charge in [-0.25, -0.2) is 4.68 Å². The molecule has 0 saturated carbocycles. The van der Waals surface area contributed by atoms with Crippen LogP contribution in [0, 0.1) is 0 Å². The highest BCUT2D eigenvalue weighted by Crippen LogP contribution is 2.41. The lowest BCUT2D eigenvalue weighted by Gasteiger charge is -2.40. The second-order valence-corrected chi connectivity index (χ2v) is 13.8. The van der Waals surface area contributed by atoms with Gasteiger partial charge in [-0.1, -0.05) is 128 Å². The third-order valence-corrected chi connectivity index (χ3v) is 9.82. The molecule has 0 radical (unpaired) electrons. The Labute approximate surface area is 283 Å². The molecule has 1 unspecified atom stereocenters. The minimum Gasteiger partial charge on any atom is -0.403 e. The summed E-state index contributed by atoms with van der Waals surface area (Å²) in [6.07, 6.45) is 3.46. The van der Waals surface area contributed by atoms with E-state index < -0.39 is 5.54 Å². The van der Waals surface area contributed by atoms with Crippen LogP contribution in [0.5, 0.6) is 0 Å². The predicted molar refractivity (Wildman–Crippen MR) is 188 cm³/mol. The molecule has 4 aromatic carbocycles. The van der Waals surface area contributed by atoms with E-state index in [0.717, 1.165) is 53.7 Å². The van der Waals surface area contributed by atoms with Gasteiger partial charge in [-0.15, -0.1) is 5.10 Å². The van der Waals surface area contributed by atoms with Crippen LogP contribution in [0.2, 0.25) is 11.3 Å². The summed E-state index contributed by atoms with van der Waals surface area (Å²) < 4.78 is 14.5. The summed E-state index contributed by atoms with van der Waals surface area (Å²) in [4.78, 5) is 0. The average molecular weight is 648 g/mol. The highest BCUT2D eigenvalue weighted by Gasteiger charge is 2.50. The first-order valence-electron chi connectivity index (χ1n) is 16.5. The van der Waals surface area contributed by atoms with Crippen molar-refractivity contribution in [1.29, 1.82) is 0 Å². The molecule has 1 N–H and O–H groups in total. The predicted octanol–water partition coefficient (Wildman–Crippen LogP) is 8.26. The molecule has 7 nitrogen and oxygen atoms in total. The van der Waals surface area contributed by atoms with E-state index in [4.69, 9.17) is 20.9 Å². The van der Waals surface area contributed by atoms with Crippen molar-refractivity contribution < 1.29 is 9.31 Å². The van der Waals surface area contributed by atoms with E-state index in [2.05, 4.69) is 140 Å². The van der Waals surface area contributed by atoms with Gasteiger partial charge in [-0.05, 0) is 85.2 Å². The van der Waals surface area contributed by atoms with Crippen LogP contribution in [0.25, 0.3) is 0 Å². The summed E-state index contributed by atoms with van der Waals surface area (Å²) in [7, 11) is -0.225. The number of hydrogen-bond donors (Lipinski definition) is 1. The normalized spacial score (nSPS) is 16.3. The number of nitrogens with one attached hydrogen (secondary N) is 1. The number of nitrogens with zero attached hydrogens (tertiary/aromatic N) is 4. The molecule has 1 fully saturated rings. The van der Waals surface area contributed by atoms with Crippen LogP contribution in [0.3, 0.4) is 0 Å². The van der Waals surface area contributed by atoms with Crippen LogP contribution in [-0.4, -0.2) is 38.5 Å². The fraction of sp³-hybridized carbons (Fsp3) is 0.342. The van der Waals surface area contributed by atoms with Crippen molar-refractivity contribution in [3.8, 4) is 0 Å². The van der Waals surface area contributed by atoms with Gasteiger partial charge in [0.05, 0.1) is 29.3 Å². The molecule has 1 aliphatic rings. The maximum absolute atomic E-state index is 6.36. The van der Waals surface area contributed by atoms with Crippen molar-refractivity contribution in [2.75, 3.05) is 0 Å². The topological polar surface area (TPSA) is 74.1 Å². The Balaban J connectivity index is 1.37. The van der Waals surface area contributed by atoms with Gasteiger partial charge in [-0.2, -0.15) is 0 Å². The van der Waals surface area contributed by atoms with Crippen LogP contribution < -0.4 is 5.32 Å². The Hall–Kier alpha value is -3.82. The number of aromatic nitrogens is 4. The Kier molecular flexibility index (Phi) is 9.94. The second kappa shape index (κ2) is 14.1. The van der Waals surface area contributed by atoms with Crippen molar-refractivity contribution in [3.05, 3.63) is 148 Å². The lowest BCUT2D eigenvalue weighted by Crippen LogP contribution is -2.47. The fourth-order valence-electron chi connectivity index (χ4n) is 6.47. The smallest absolute Gasteiger partial charge is 0.403 e. The average Bonchev–Trinajstić information content (AvgIpc) is 3.61. The summed E-state index contributed by atoms with van der Waals surface area (Å²) >= 11 is 6.36. The van der Waals surface area contributed by atoms with E-state index in [1.54, 1.807) is 0 Å². The number of rotatable bonds is 13. The van der Waals surface area contributed by atoms with Gasteiger partial charge in [0.25, 0.3) is 0 Å². The highest BCUT2D eigenvalue weighted by atomic mass is 35.5. The quantitative estimate of drug-likeness (QED) is 0.0788. The molecule has 0 spiro atoms. The first kappa shape index (κ1) is 33.1. The monoisotopic (exact) mass is 647 g/mol. The SMILES string of the molecule is CC1(C)OB(CCCCC(NC(c2ccccc2)(c2ccccc2)c2ccccc2)c2nnnn2Cc2cccc(Cl)c2)OC1(C)C. The third kappa shape index (κ3) is 7.21. The van der Waals surface area contributed by atoms with Crippen molar-refractivity contribution in [2.45, 2.75) is 82.6 Å². The summed E-state index contributed by atoms with van der Waals surface area (Å²) in [6.45, 7) is 8.90. The fourth-order valence-corrected chi connectivity index (χ4v) is 6.68. The van der Waals surface area contributed by atoms with Crippen LogP contribution >= 0.6 is 11.6 Å². The largest absolute Gasteiger partial charge is 0.457 e. The Bertz CT molecular complexity index is 1620. The molecular weight excluding hydrogens is 605 g/mol. The standard InChI is InChI=1S/C38H43BClN5O2/c1-36(2)37(3,4)47-39(46-36)26-15-14-25-34(35-42-43-44-45(35)28-29-17-16-24-33(40)27-29)41-38(30-18-8-5-9-19-30,31-20-10-6-11-21-31)32-22-12-7-13-23-32/h5-13,16-24,27,34,41H,14-15,25-26,28H2,1-4H3. The van der Waals surface area contributed by atoms with E-state index in [1.165, 1.54) is 0 Å². The van der Waals surface area contributed by atoms with Crippen molar-refractivity contribution in [2.24, 2.45) is 0 Å². The van der Waals surface area contributed by atoms with Gasteiger partial charge in [0.1, 0.15) is 0 Å². The maximum atomic E-state index is 6.36. The van der Waals surface area contributed by atoms with Gasteiger partial charge in [0.2, 0.25) is 0 Å². The number of halogens is 1. The molecular formula is C38H43BClN5O2. The highest BCUT2D eigenvalue weighted by molar-refractivity contribution is 6.45. The molecule has 1 aromatic heterocycles. The van der Waals surface area contributed by atoms with Crippen LogP contribution in [0.15, 0.2) is 115 Å².